The van der Waals surface area contributed by atoms with Gasteiger partial charge in [0.2, 0.25) is 0 Å². The third kappa shape index (κ3) is 1.63. The number of hydrogen-bond donors (Lipinski definition) is 2. The van der Waals surface area contributed by atoms with Gasteiger partial charge in [-0.2, -0.15) is 0 Å². The average Bonchev–Trinajstić information content (AvgIpc) is 2.24. The normalized spacial score (nSPS) is 10.7. The predicted molar refractivity (Wildman–Crippen MR) is 61.3 cm³/mol. The van der Waals surface area contributed by atoms with Gasteiger partial charge in [-0.05, 0) is 11.8 Å². The zero-order valence-electron chi connectivity index (χ0n) is 8.70. The summed E-state index contributed by atoms with van der Waals surface area (Å²) in [5.41, 5.74) is 0.922. The maximum Gasteiger partial charge on any atom is 0.127 e. The molecular formula is C13H14O2. The van der Waals surface area contributed by atoms with Gasteiger partial charge in [0, 0.05) is 17.0 Å². The van der Waals surface area contributed by atoms with E-state index >= 15 is 0 Å². The second-order valence-electron chi connectivity index (χ2n) is 3.69. The van der Waals surface area contributed by atoms with Crippen LogP contribution in [0.1, 0.15) is 18.9 Å². The molecule has 15 heavy (non-hydrogen) atoms. The fourth-order valence-electron chi connectivity index (χ4n) is 1.91. The second-order valence-corrected chi connectivity index (χ2v) is 3.69. The number of benzene rings is 2. The predicted octanol–water partition coefficient (Wildman–Crippen LogP) is 3.20. The zero-order chi connectivity index (χ0) is 10.8. The monoisotopic (exact) mass is 202 g/mol. The number of rotatable bonds is 2. The topological polar surface area (TPSA) is 40.5 Å². The fraction of sp³-hybridized carbons (Fsp3) is 0.231. The molecule has 0 aromatic heterocycles. The van der Waals surface area contributed by atoms with Crippen LogP contribution in [0.2, 0.25) is 0 Å². The van der Waals surface area contributed by atoms with E-state index in [1.807, 2.05) is 24.3 Å². The second kappa shape index (κ2) is 3.81. The molecule has 0 atom stereocenters. The third-order valence-electron chi connectivity index (χ3n) is 2.61. The van der Waals surface area contributed by atoms with E-state index in [0.717, 1.165) is 29.2 Å². The van der Waals surface area contributed by atoms with Crippen LogP contribution in [-0.4, -0.2) is 10.2 Å². The maximum absolute atomic E-state index is 9.76. The lowest BCUT2D eigenvalue weighted by Crippen LogP contribution is -1.87. The minimum absolute atomic E-state index is 0.142. The van der Waals surface area contributed by atoms with E-state index in [-0.39, 0.29) is 11.5 Å². The lowest BCUT2D eigenvalue weighted by Gasteiger charge is -2.09. The Balaban J connectivity index is 2.77. The summed E-state index contributed by atoms with van der Waals surface area (Å²) in [5.74, 6) is 0.330. The minimum atomic E-state index is 0.142. The van der Waals surface area contributed by atoms with Gasteiger partial charge in [0.05, 0.1) is 0 Å². The SMILES string of the molecule is CCCc1c(O)cc(O)c2ccccc12. The average molecular weight is 202 g/mol. The molecule has 2 aromatic rings. The number of phenolic OH excluding ortho intramolecular Hbond substituents is 2. The molecule has 0 unspecified atom stereocenters. The van der Waals surface area contributed by atoms with Gasteiger partial charge in [-0.25, -0.2) is 0 Å². The van der Waals surface area contributed by atoms with E-state index < -0.39 is 0 Å². The lowest BCUT2D eigenvalue weighted by atomic mass is 9.99. The molecule has 0 saturated carbocycles. The van der Waals surface area contributed by atoms with Crippen molar-refractivity contribution in [1.82, 2.24) is 0 Å². The van der Waals surface area contributed by atoms with Crippen molar-refractivity contribution in [3.63, 3.8) is 0 Å². The summed E-state index contributed by atoms with van der Waals surface area (Å²) in [6.45, 7) is 2.07. The molecule has 0 bridgehead atoms. The van der Waals surface area contributed by atoms with Gasteiger partial charge in [-0.1, -0.05) is 37.6 Å². The Kier molecular flexibility index (Phi) is 2.50. The van der Waals surface area contributed by atoms with Crippen LogP contribution in [0.15, 0.2) is 30.3 Å². The molecular weight excluding hydrogens is 188 g/mol. The van der Waals surface area contributed by atoms with Crippen LogP contribution in [0.5, 0.6) is 11.5 Å². The molecule has 0 aliphatic rings. The molecule has 0 aliphatic carbocycles. The highest BCUT2D eigenvalue weighted by molar-refractivity contribution is 5.92. The van der Waals surface area contributed by atoms with Crippen LogP contribution >= 0.6 is 0 Å². The summed E-state index contributed by atoms with van der Waals surface area (Å²) in [6.07, 6.45) is 1.80. The van der Waals surface area contributed by atoms with Crippen LogP contribution < -0.4 is 0 Å². The van der Waals surface area contributed by atoms with Crippen molar-refractivity contribution in [2.45, 2.75) is 19.8 Å². The highest BCUT2D eigenvalue weighted by atomic mass is 16.3. The third-order valence-corrected chi connectivity index (χ3v) is 2.61. The van der Waals surface area contributed by atoms with Crippen LogP contribution in [0.3, 0.4) is 0 Å². The molecule has 2 nitrogen and oxygen atoms in total. The highest BCUT2D eigenvalue weighted by Crippen LogP contribution is 2.34. The lowest BCUT2D eigenvalue weighted by molar-refractivity contribution is 0.450. The van der Waals surface area contributed by atoms with Crippen LogP contribution in [0, 0.1) is 0 Å². The molecule has 2 N–H and O–H groups in total. The molecule has 2 rings (SSSR count). The van der Waals surface area contributed by atoms with Gasteiger partial charge >= 0.3 is 0 Å². The molecule has 0 aliphatic heterocycles. The Bertz CT molecular complexity index is 489. The van der Waals surface area contributed by atoms with Crippen molar-refractivity contribution in [2.75, 3.05) is 0 Å². The highest BCUT2D eigenvalue weighted by Gasteiger charge is 2.09. The number of phenols is 2. The molecule has 0 fully saturated rings. The van der Waals surface area contributed by atoms with Gasteiger partial charge in [-0.3, -0.25) is 0 Å². The Labute approximate surface area is 88.8 Å². The van der Waals surface area contributed by atoms with Crippen LogP contribution in [-0.2, 0) is 6.42 Å². The van der Waals surface area contributed by atoms with E-state index in [0.29, 0.717) is 0 Å². The summed E-state index contributed by atoms with van der Waals surface area (Å²) in [7, 11) is 0. The van der Waals surface area contributed by atoms with Crippen LogP contribution in [0.25, 0.3) is 10.8 Å². The number of hydrogen-bond acceptors (Lipinski definition) is 2. The Hall–Kier alpha value is -1.70. The Morgan fingerprint density at radius 3 is 2.33 bits per heavy atom. The molecule has 2 aromatic carbocycles. The molecule has 0 spiro atoms. The maximum atomic E-state index is 9.76. The molecule has 0 radical (unpaired) electrons. The quantitative estimate of drug-likeness (QED) is 0.785. The van der Waals surface area contributed by atoms with Gasteiger partial charge in [0.25, 0.3) is 0 Å². The summed E-state index contributed by atoms with van der Waals surface area (Å²) in [4.78, 5) is 0. The minimum Gasteiger partial charge on any atom is -0.508 e. The van der Waals surface area contributed by atoms with E-state index in [9.17, 15) is 10.2 Å². The first-order valence-corrected chi connectivity index (χ1v) is 5.16. The number of aryl methyl sites for hydroxylation is 1. The smallest absolute Gasteiger partial charge is 0.127 e. The molecule has 0 saturated heterocycles. The molecule has 2 heteroatoms. The standard InChI is InChI=1S/C13H14O2/c1-2-5-10-9-6-3-4-7-11(9)13(15)8-12(10)14/h3-4,6-8,14-15H,2,5H2,1H3. The summed E-state index contributed by atoms with van der Waals surface area (Å²) in [5, 5.41) is 21.2. The van der Waals surface area contributed by atoms with Crippen molar-refractivity contribution in [2.24, 2.45) is 0 Å². The molecule has 0 amide bonds. The van der Waals surface area contributed by atoms with Crippen molar-refractivity contribution in [1.29, 1.82) is 0 Å². The van der Waals surface area contributed by atoms with Gasteiger partial charge < -0.3 is 10.2 Å². The zero-order valence-corrected chi connectivity index (χ0v) is 8.70. The van der Waals surface area contributed by atoms with Crippen LogP contribution in [0.4, 0.5) is 0 Å². The van der Waals surface area contributed by atoms with Gasteiger partial charge in [-0.15, -0.1) is 0 Å². The first-order valence-electron chi connectivity index (χ1n) is 5.16. The molecule has 78 valence electrons. The van der Waals surface area contributed by atoms with Gasteiger partial charge in [0.1, 0.15) is 11.5 Å². The van der Waals surface area contributed by atoms with Crippen molar-refractivity contribution < 1.29 is 10.2 Å². The van der Waals surface area contributed by atoms with E-state index in [1.165, 1.54) is 6.07 Å². The Morgan fingerprint density at radius 1 is 1.00 bits per heavy atom. The van der Waals surface area contributed by atoms with E-state index in [2.05, 4.69) is 6.92 Å². The summed E-state index contributed by atoms with van der Waals surface area (Å²) < 4.78 is 0. The largest absolute Gasteiger partial charge is 0.508 e. The first kappa shape index (κ1) is 9.84. The first-order chi connectivity index (χ1) is 7.24. The number of aromatic hydroxyl groups is 2. The van der Waals surface area contributed by atoms with E-state index in [1.54, 1.807) is 0 Å². The van der Waals surface area contributed by atoms with E-state index in [4.69, 9.17) is 0 Å². The Morgan fingerprint density at radius 2 is 1.67 bits per heavy atom. The summed E-state index contributed by atoms with van der Waals surface area (Å²) in [6, 6.07) is 9.02. The summed E-state index contributed by atoms with van der Waals surface area (Å²) >= 11 is 0. The van der Waals surface area contributed by atoms with Crippen molar-refractivity contribution in [3.8, 4) is 11.5 Å². The molecule has 0 heterocycles. The van der Waals surface area contributed by atoms with Crippen molar-refractivity contribution >= 4 is 10.8 Å². The number of fused-ring (bicyclic) bond motifs is 1. The fourth-order valence-corrected chi connectivity index (χ4v) is 1.91. The van der Waals surface area contributed by atoms with Crippen molar-refractivity contribution in [3.05, 3.63) is 35.9 Å². The van der Waals surface area contributed by atoms with Gasteiger partial charge in [0.15, 0.2) is 0 Å².